The molecular weight excluding hydrogens is 192 g/mol. The molecule has 1 aromatic rings. The van der Waals surface area contributed by atoms with Crippen LogP contribution in [-0.2, 0) is 0 Å². The molecule has 0 spiro atoms. The number of allylic oxidation sites excluding steroid dienone is 1. The number of rotatable bonds is 0. The number of hydrogen-bond acceptors (Lipinski definition) is 0. The molecule has 0 fully saturated rings. The van der Waals surface area contributed by atoms with E-state index in [-0.39, 0.29) is 0 Å². The minimum atomic E-state index is 0.615. The van der Waals surface area contributed by atoms with Gasteiger partial charge in [-0.3, -0.25) is 0 Å². The van der Waals surface area contributed by atoms with Crippen molar-refractivity contribution in [3.63, 3.8) is 0 Å². The maximum atomic E-state index is 5.39. The summed E-state index contributed by atoms with van der Waals surface area (Å²) >= 11 is 0. The van der Waals surface area contributed by atoms with E-state index in [1.807, 2.05) is 19.9 Å². The number of hydrogen-bond donors (Lipinski definition) is 0. The number of fused-ring (bicyclic) bond motifs is 1. The van der Waals surface area contributed by atoms with Crippen LogP contribution in [0.25, 0.3) is 5.57 Å². The topological polar surface area (TPSA) is 0 Å². The van der Waals surface area contributed by atoms with Gasteiger partial charge in [0.05, 0.1) is 0 Å². The summed E-state index contributed by atoms with van der Waals surface area (Å²) in [6.45, 7) is 10.3. The lowest BCUT2D eigenvalue weighted by atomic mass is 9.81. The Labute approximate surface area is 99.4 Å². The molecule has 0 bridgehead atoms. The summed E-state index contributed by atoms with van der Waals surface area (Å²) < 4.78 is 0. The van der Waals surface area contributed by atoms with Crippen molar-refractivity contribution >= 4 is 5.57 Å². The first-order chi connectivity index (χ1) is 7.72. The van der Waals surface area contributed by atoms with Crippen LogP contribution >= 0.6 is 0 Å². The van der Waals surface area contributed by atoms with Crippen LogP contribution in [0.3, 0.4) is 0 Å². The minimum Gasteiger partial charge on any atom is -0.115 e. The smallest absolute Gasteiger partial charge is 0.0245 e. The van der Waals surface area contributed by atoms with Crippen molar-refractivity contribution in [1.29, 1.82) is 0 Å². The van der Waals surface area contributed by atoms with Gasteiger partial charge in [0, 0.05) is 5.56 Å². The van der Waals surface area contributed by atoms with E-state index in [0.29, 0.717) is 5.92 Å². The number of benzene rings is 1. The fourth-order valence-corrected chi connectivity index (χ4v) is 2.06. The Hall–Kier alpha value is -1.48. The molecule has 0 heteroatoms. The van der Waals surface area contributed by atoms with Crippen LogP contribution in [0.1, 0.15) is 56.2 Å². The van der Waals surface area contributed by atoms with E-state index in [4.69, 9.17) is 6.42 Å². The van der Waals surface area contributed by atoms with Crippen molar-refractivity contribution in [2.45, 2.75) is 39.5 Å². The van der Waals surface area contributed by atoms with Crippen molar-refractivity contribution in [3.8, 4) is 12.3 Å². The first kappa shape index (κ1) is 12.6. The molecule has 1 aromatic carbocycles. The summed E-state index contributed by atoms with van der Waals surface area (Å²) in [6, 6.07) is 6.24. The highest BCUT2D eigenvalue weighted by Crippen LogP contribution is 2.37. The molecule has 1 atom stereocenters. The molecule has 1 aliphatic carbocycles. The fraction of sp³-hybridized carbons (Fsp3) is 0.375. The molecule has 0 amide bonds. The summed E-state index contributed by atoms with van der Waals surface area (Å²) in [5.74, 6) is 3.30. The lowest BCUT2D eigenvalue weighted by Gasteiger charge is -2.24. The summed E-state index contributed by atoms with van der Waals surface area (Å²) in [6.07, 6.45) is 7.70. The zero-order valence-electron chi connectivity index (χ0n) is 10.5. The van der Waals surface area contributed by atoms with E-state index in [1.165, 1.54) is 23.1 Å². The zero-order valence-corrected chi connectivity index (χ0v) is 10.5. The lowest BCUT2D eigenvalue weighted by Crippen LogP contribution is -2.05. The van der Waals surface area contributed by atoms with Gasteiger partial charge in [-0.2, -0.15) is 0 Å². The predicted molar refractivity (Wildman–Crippen MR) is 72.4 cm³/mol. The average Bonchev–Trinajstić information content (AvgIpc) is 2.36. The zero-order chi connectivity index (χ0) is 12.1. The molecule has 0 heterocycles. The highest BCUT2D eigenvalue weighted by atomic mass is 14.2. The molecule has 1 unspecified atom stereocenters. The van der Waals surface area contributed by atoms with E-state index in [2.05, 4.69) is 31.6 Å². The largest absolute Gasteiger partial charge is 0.115 e. The minimum absolute atomic E-state index is 0.615. The molecule has 0 nitrogen and oxygen atoms in total. The highest BCUT2D eigenvalue weighted by molar-refractivity contribution is 5.69. The molecule has 2 rings (SSSR count). The van der Waals surface area contributed by atoms with Gasteiger partial charge in [-0.1, -0.05) is 39.3 Å². The van der Waals surface area contributed by atoms with Gasteiger partial charge in [0.1, 0.15) is 0 Å². The van der Waals surface area contributed by atoms with Gasteiger partial charge in [-0.05, 0) is 47.6 Å². The molecule has 84 valence electrons. The van der Waals surface area contributed by atoms with Gasteiger partial charge in [-0.25, -0.2) is 0 Å². The van der Waals surface area contributed by atoms with Gasteiger partial charge in [0.25, 0.3) is 0 Å². The van der Waals surface area contributed by atoms with E-state index in [0.717, 1.165) is 12.0 Å². The Kier molecular flexibility index (Phi) is 4.38. The highest BCUT2D eigenvalue weighted by Gasteiger charge is 2.18. The van der Waals surface area contributed by atoms with Crippen LogP contribution in [0.2, 0.25) is 0 Å². The normalized spacial score (nSPS) is 17.9. The first-order valence-electron chi connectivity index (χ1n) is 6.01. The van der Waals surface area contributed by atoms with Crippen molar-refractivity contribution < 1.29 is 0 Å². The van der Waals surface area contributed by atoms with Gasteiger partial charge in [0.2, 0.25) is 0 Å². The van der Waals surface area contributed by atoms with Gasteiger partial charge < -0.3 is 0 Å². The molecule has 16 heavy (non-hydrogen) atoms. The Bertz CT molecular complexity index is 418. The van der Waals surface area contributed by atoms with Crippen molar-refractivity contribution in [2.75, 3.05) is 0 Å². The Morgan fingerprint density at radius 2 is 2.06 bits per heavy atom. The SMILES string of the molecule is C#Cc1ccc2c(c1)C(C)CCC2=C.CC. The maximum absolute atomic E-state index is 5.39. The maximum Gasteiger partial charge on any atom is 0.0245 e. The average molecular weight is 212 g/mol. The quantitative estimate of drug-likeness (QED) is 0.551. The third-order valence-electron chi connectivity index (χ3n) is 3.01. The summed E-state index contributed by atoms with van der Waals surface area (Å²) in [5.41, 5.74) is 4.91. The van der Waals surface area contributed by atoms with Gasteiger partial charge in [0.15, 0.2) is 0 Å². The number of terminal acetylenes is 1. The van der Waals surface area contributed by atoms with Crippen LogP contribution in [0.4, 0.5) is 0 Å². The van der Waals surface area contributed by atoms with Gasteiger partial charge >= 0.3 is 0 Å². The second kappa shape index (κ2) is 5.56. The van der Waals surface area contributed by atoms with Crippen LogP contribution in [0.5, 0.6) is 0 Å². The standard InChI is InChI=1S/C14H14.C2H6/c1-4-12-7-8-13-10(2)5-6-11(3)14(13)9-12;1-2/h1,7-9,11H,2,5-6H2,3H3;1-2H3. The Morgan fingerprint density at radius 1 is 1.38 bits per heavy atom. The summed E-state index contributed by atoms with van der Waals surface area (Å²) in [4.78, 5) is 0. The summed E-state index contributed by atoms with van der Waals surface area (Å²) in [7, 11) is 0. The van der Waals surface area contributed by atoms with Gasteiger partial charge in [-0.15, -0.1) is 6.42 Å². The first-order valence-corrected chi connectivity index (χ1v) is 6.01. The van der Waals surface area contributed by atoms with E-state index in [9.17, 15) is 0 Å². The van der Waals surface area contributed by atoms with Crippen molar-refractivity contribution in [2.24, 2.45) is 0 Å². The Balaban J connectivity index is 0.000000606. The van der Waals surface area contributed by atoms with Crippen LogP contribution in [-0.4, -0.2) is 0 Å². The summed E-state index contributed by atoms with van der Waals surface area (Å²) in [5, 5.41) is 0. The second-order valence-corrected chi connectivity index (χ2v) is 3.99. The lowest BCUT2D eigenvalue weighted by molar-refractivity contribution is 0.675. The molecule has 0 radical (unpaired) electrons. The molecule has 0 saturated carbocycles. The van der Waals surface area contributed by atoms with E-state index < -0.39 is 0 Å². The Morgan fingerprint density at radius 3 is 2.69 bits per heavy atom. The van der Waals surface area contributed by atoms with Crippen molar-refractivity contribution in [3.05, 3.63) is 41.5 Å². The monoisotopic (exact) mass is 212 g/mol. The van der Waals surface area contributed by atoms with Crippen LogP contribution in [0, 0.1) is 12.3 Å². The van der Waals surface area contributed by atoms with Crippen molar-refractivity contribution in [1.82, 2.24) is 0 Å². The molecule has 0 saturated heterocycles. The molecule has 1 aliphatic rings. The molecule has 0 aliphatic heterocycles. The predicted octanol–water partition coefficient (Wildman–Crippen LogP) is 4.60. The third-order valence-corrected chi connectivity index (χ3v) is 3.01. The van der Waals surface area contributed by atoms with Crippen LogP contribution in [0.15, 0.2) is 24.8 Å². The molecule has 0 N–H and O–H groups in total. The fourth-order valence-electron chi connectivity index (χ4n) is 2.06. The van der Waals surface area contributed by atoms with Crippen LogP contribution < -0.4 is 0 Å². The van der Waals surface area contributed by atoms with E-state index >= 15 is 0 Å². The third kappa shape index (κ3) is 2.36. The van der Waals surface area contributed by atoms with E-state index in [1.54, 1.807) is 0 Å². The molecular formula is C16H20. The second-order valence-electron chi connectivity index (χ2n) is 3.99. The molecule has 0 aromatic heterocycles.